The van der Waals surface area contributed by atoms with Crippen molar-refractivity contribution in [3.63, 3.8) is 0 Å². The summed E-state index contributed by atoms with van der Waals surface area (Å²) < 4.78 is 43.9. The van der Waals surface area contributed by atoms with Crippen LogP contribution in [0.2, 0.25) is 0 Å². The first-order valence-electron chi connectivity index (χ1n) is 10.1. The van der Waals surface area contributed by atoms with Crippen LogP contribution in [0.1, 0.15) is 54.7 Å². The van der Waals surface area contributed by atoms with Crippen molar-refractivity contribution in [3.05, 3.63) is 59.3 Å². The van der Waals surface area contributed by atoms with Gasteiger partial charge in [0.2, 0.25) is 5.88 Å². The minimum Gasteiger partial charge on any atom is -0.473 e. The van der Waals surface area contributed by atoms with E-state index >= 15 is 0 Å². The smallest absolute Gasteiger partial charge is 0.416 e. The van der Waals surface area contributed by atoms with Crippen molar-refractivity contribution in [1.82, 2.24) is 10.3 Å². The lowest BCUT2D eigenvalue weighted by atomic mass is 9.93. The monoisotopic (exact) mass is 406 g/mol. The van der Waals surface area contributed by atoms with Crippen molar-refractivity contribution in [2.24, 2.45) is 0 Å². The molecule has 2 aliphatic carbocycles. The molecule has 0 amide bonds. The van der Waals surface area contributed by atoms with Crippen molar-refractivity contribution in [2.45, 2.75) is 69.0 Å². The standard InChI is InChI=1S/C22H25F3N2O2/c23-22(24,25)16-3-1-2-14(10-16)13-29-21-9-4-15(12-26-21)19-11-20(19)27-17-5-7-18(28)8-6-17/h1-4,9-10,12,17-20,27-28H,5-8,11,13H2/t17?,18?,19-,20?/m1/s1. The van der Waals surface area contributed by atoms with Gasteiger partial charge in [-0.25, -0.2) is 4.98 Å². The molecule has 0 saturated heterocycles. The lowest BCUT2D eigenvalue weighted by molar-refractivity contribution is -0.137. The molecule has 0 aliphatic heterocycles. The molecule has 4 nitrogen and oxygen atoms in total. The van der Waals surface area contributed by atoms with Gasteiger partial charge in [0.1, 0.15) is 6.61 Å². The van der Waals surface area contributed by atoms with Gasteiger partial charge in [-0.15, -0.1) is 0 Å². The van der Waals surface area contributed by atoms with Gasteiger partial charge in [-0.05, 0) is 55.4 Å². The molecule has 2 aliphatic rings. The molecule has 2 saturated carbocycles. The summed E-state index contributed by atoms with van der Waals surface area (Å²) in [5.41, 5.74) is 0.918. The molecule has 0 radical (unpaired) electrons. The molecule has 7 heteroatoms. The molecule has 2 N–H and O–H groups in total. The minimum absolute atomic E-state index is 0.0391. The highest BCUT2D eigenvalue weighted by Gasteiger charge is 2.40. The lowest BCUT2D eigenvalue weighted by Crippen LogP contribution is -2.36. The Morgan fingerprint density at radius 3 is 2.59 bits per heavy atom. The number of nitrogens with zero attached hydrogens (tertiary/aromatic N) is 1. The third kappa shape index (κ3) is 5.28. The maximum absolute atomic E-state index is 12.8. The van der Waals surface area contributed by atoms with Gasteiger partial charge in [0.15, 0.2) is 0 Å². The van der Waals surface area contributed by atoms with Crippen LogP contribution in [0, 0.1) is 0 Å². The molecule has 1 aromatic carbocycles. The van der Waals surface area contributed by atoms with Crippen LogP contribution in [0.15, 0.2) is 42.6 Å². The molecular formula is C22H25F3N2O2. The number of halogens is 3. The number of hydrogen-bond acceptors (Lipinski definition) is 4. The Balaban J connectivity index is 1.27. The van der Waals surface area contributed by atoms with Crippen molar-refractivity contribution in [2.75, 3.05) is 0 Å². The Bertz CT molecular complexity index is 818. The summed E-state index contributed by atoms with van der Waals surface area (Å²) in [6.45, 7) is 0.0391. The molecule has 2 fully saturated rings. The van der Waals surface area contributed by atoms with E-state index in [1.165, 1.54) is 6.07 Å². The molecule has 2 aromatic rings. The minimum atomic E-state index is -4.36. The number of rotatable bonds is 6. The van der Waals surface area contributed by atoms with E-state index in [9.17, 15) is 18.3 Å². The van der Waals surface area contributed by atoms with Crippen LogP contribution >= 0.6 is 0 Å². The highest BCUT2D eigenvalue weighted by molar-refractivity contribution is 5.29. The third-order valence-corrected chi connectivity index (χ3v) is 5.77. The first kappa shape index (κ1) is 20.2. The third-order valence-electron chi connectivity index (χ3n) is 5.77. The van der Waals surface area contributed by atoms with E-state index in [1.54, 1.807) is 18.3 Å². The zero-order valence-electron chi connectivity index (χ0n) is 16.0. The second-order valence-corrected chi connectivity index (χ2v) is 8.04. The normalized spacial score (nSPS) is 26.9. The van der Waals surface area contributed by atoms with Gasteiger partial charge in [0.05, 0.1) is 11.7 Å². The molecule has 2 atom stereocenters. The number of hydrogen-bond donors (Lipinski definition) is 2. The number of aromatic nitrogens is 1. The van der Waals surface area contributed by atoms with Crippen LogP contribution in [-0.4, -0.2) is 28.3 Å². The number of pyridine rings is 1. The van der Waals surface area contributed by atoms with Gasteiger partial charge < -0.3 is 15.2 Å². The van der Waals surface area contributed by atoms with E-state index in [1.807, 2.05) is 6.07 Å². The van der Waals surface area contributed by atoms with Crippen LogP contribution in [0.5, 0.6) is 5.88 Å². The van der Waals surface area contributed by atoms with E-state index in [0.29, 0.717) is 29.4 Å². The number of aliphatic hydroxyl groups is 1. The fourth-order valence-electron chi connectivity index (χ4n) is 3.98. The Labute approximate surface area is 168 Å². The maximum Gasteiger partial charge on any atom is 0.416 e. The van der Waals surface area contributed by atoms with Crippen LogP contribution in [0.3, 0.4) is 0 Å². The van der Waals surface area contributed by atoms with Crippen LogP contribution < -0.4 is 10.1 Å². The number of alkyl halides is 3. The van der Waals surface area contributed by atoms with Gasteiger partial charge in [0, 0.05) is 30.3 Å². The second kappa shape index (κ2) is 8.32. The number of benzene rings is 1. The molecule has 0 bridgehead atoms. The number of ether oxygens (including phenoxy) is 1. The van der Waals surface area contributed by atoms with E-state index in [-0.39, 0.29) is 12.7 Å². The predicted molar refractivity (Wildman–Crippen MR) is 103 cm³/mol. The molecular weight excluding hydrogens is 381 g/mol. The van der Waals surface area contributed by atoms with Gasteiger partial charge in [-0.3, -0.25) is 0 Å². The molecule has 4 rings (SSSR count). The van der Waals surface area contributed by atoms with Crippen LogP contribution in [0.4, 0.5) is 13.2 Å². The van der Waals surface area contributed by atoms with Crippen molar-refractivity contribution < 1.29 is 23.0 Å². The van der Waals surface area contributed by atoms with E-state index in [2.05, 4.69) is 10.3 Å². The van der Waals surface area contributed by atoms with Crippen LogP contribution in [0.25, 0.3) is 0 Å². The molecule has 0 spiro atoms. The van der Waals surface area contributed by atoms with E-state index in [4.69, 9.17) is 4.74 Å². The Hall–Kier alpha value is -2.12. The second-order valence-electron chi connectivity index (χ2n) is 8.04. The van der Waals surface area contributed by atoms with Crippen LogP contribution in [-0.2, 0) is 12.8 Å². The predicted octanol–water partition coefficient (Wildman–Crippen LogP) is 4.43. The van der Waals surface area contributed by atoms with Gasteiger partial charge in [-0.2, -0.15) is 13.2 Å². The number of nitrogens with one attached hydrogen (secondary N) is 1. The Morgan fingerprint density at radius 1 is 1.10 bits per heavy atom. The average molecular weight is 406 g/mol. The maximum atomic E-state index is 12.8. The lowest BCUT2D eigenvalue weighted by Gasteiger charge is -2.26. The zero-order valence-corrected chi connectivity index (χ0v) is 16.0. The van der Waals surface area contributed by atoms with Crippen molar-refractivity contribution >= 4 is 0 Å². The quantitative estimate of drug-likeness (QED) is 0.745. The topological polar surface area (TPSA) is 54.4 Å². The molecule has 156 valence electrons. The van der Waals surface area contributed by atoms with E-state index in [0.717, 1.165) is 49.8 Å². The SMILES string of the molecule is OC1CCC(NC2C[C@@H]2c2ccc(OCc3cccc(C(F)(F)F)c3)nc2)CC1. The fourth-order valence-corrected chi connectivity index (χ4v) is 3.98. The van der Waals surface area contributed by atoms with E-state index < -0.39 is 11.7 Å². The summed E-state index contributed by atoms with van der Waals surface area (Å²) in [7, 11) is 0. The summed E-state index contributed by atoms with van der Waals surface area (Å²) in [4.78, 5) is 4.31. The van der Waals surface area contributed by atoms with Crippen molar-refractivity contribution in [1.29, 1.82) is 0 Å². The Morgan fingerprint density at radius 2 is 1.90 bits per heavy atom. The number of aliphatic hydroxyl groups excluding tert-OH is 1. The molecule has 29 heavy (non-hydrogen) atoms. The summed E-state index contributed by atoms with van der Waals surface area (Å²) in [6.07, 6.45) is 2.14. The highest BCUT2D eigenvalue weighted by Crippen LogP contribution is 2.41. The first-order valence-corrected chi connectivity index (χ1v) is 10.1. The average Bonchev–Trinajstić information content (AvgIpc) is 3.47. The zero-order chi connectivity index (χ0) is 20.4. The first-order chi connectivity index (χ1) is 13.9. The molecule has 1 unspecified atom stereocenters. The highest BCUT2D eigenvalue weighted by atomic mass is 19.4. The van der Waals surface area contributed by atoms with Gasteiger partial charge in [-0.1, -0.05) is 18.2 Å². The summed E-state index contributed by atoms with van der Waals surface area (Å²) in [5, 5.41) is 13.3. The van der Waals surface area contributed by atoms with Gasteiger partial charge in [0.25, 0.3) is 0 Å². The summed E-state index contributed by atoms with van der Waals surface area (Å²) >= 11 is 0. The fraction of sp³-hybridized carbons (Fsp3) is 0.500. The van der Waals surface area contributed by atoms with Crippen molar-refractivity contribution in [3.8, 4) is 5.88 Å². The summed E-state index contributed by atoms with van der Waals surface area (Å²) in [6, 6.07) is 9.82. The molecule has 1 heterocycles. The molecule has 1 aromatic heterocycles. The Kier molecular flexibility index (Phi) is 5.79. The van der Waals surface area contributed by atoms with Gasteiger partial charge >= 0.3 is 6.18 Å². The largest absolute Gasteiger partial charge is 0.473 e. The summed E-state index contributed by atoms with van der Waals surface area (Å²) in [5.74, 6) is 0.837.